The van der Waals surface area contributed by atoms with E-state index in [0.29, 0.717) is 11.4 Å². The molecule has 11 nitrogen and oxygen atoms in total. The molecule has 2 N–H and O–H groups in total. The van der Waals surface area contributed by atoms with Crippen LogP contribution in [0.25, 0.3) is 16.6 Å². The minimum atomic E-state index is -0.779. The number of furan rings is 1. The van der Waals surface area contributed by atoms with Crippen molar-refractivity contribution in [3.05, 3.63) is 129 Å². The highest BCUT2D eigenvalue weighted by atomic mass is 16.5. The molecule has 0 bridgehead atoms. The summed E-state index contributed by atoms with van der Waals surface area (Å²) in [4.78, 5) is 65.5. The van der Waals surface area contributed by atoms with Crippen molar-refractivity contribution >= 4 is 34.4 Å². The fraction of sp³-hybridized carbons (Fsp3) is 0.100. The maximum Gasteiger partial charge on any atom is 0.339 e. The van der Waals surface area contributed by atoms with E-state index in [-0.39, 0.29) is 34.3 Å². The van der Waals surface area contributed by atoms with Crippen LogP contribution in [0.3, 0.4) is 0 Å². The molecule has 2 amide bonds. The summed E-state index contributed by atoms with van der Waals surface area (Å²) in [5, 5.41) is 5.48. The van der Waals surface area contributed by atoms with Crippen LogP contribution in [-0.2, 0) is 22.6 Å². The van der Waals surface area contributed by atoms with Crippen LogP contribution in [0.1, 0.15) is 26.5 Å². The van der Waals surface area contributed by atoms with Crippen molar-refractivity contribution in [3.8, 4) is 5.69 Å². The molecule has 41 heavy (non-hydrogen) atoms. The average molecular weight is 553 g/mol. The van der Waals surface area contributed by atoms with Gasteiger partial charge in [0.25, 0.3) is 11.5 Å². The molecule has 0 fully saturated rings. The topological polar surface area (TPSA) is 142 Å². The number of carbonyl (C=O) groups excluding carboxylic acids is 3. The second-order valence-corrected chi connectivity index (χ2v) is 8.92. The Morgan fingerprint density at radius 1 is 0.902 bits per heavy atom. The Kier molecular flexibility index (Phi) is 7.59. The standard InChI is InChI=1S/C30H24N4O7/c1-40-29(38)22-11-5-6-12-24(22)32-26(35)18-33-25-16-19(27(36)31-17-21-10-7-15-41-21)13-14-23(25)28(37)34(30(33)39)20-8-3-2-4-9-20/h2-16H,17-18H2,1H3,(H,31,36)(H,32,35). The first-order valence-corrected chi connectivity index (χ1v) is 12.5. The third kappa shape index (κ3) is 5.55. The molecular formula is C30H24N4O7. The van der Waals surface area contributed by atoms with E-state index in [1.54, 1.807) is 54.6 Å². The third-order valence-electron chi connectivity index (χ3n) is 6.33. The quantitative estimate of drug-likeness (QED) is 0.282. The van der Waals surface area contributed by atoms with Gasteiger partial charge in [-0.2, -0.15) is 0 Å². The van der Waals surface area contributed by atoms with E-state index < -0.39 is 35.6 Å². The van der Waals surface area contributed by atoms with Gasteiger partial charge in [-0.25, -0.2) is 14.2 Å². The van der Waals surface area contributed by atoms with Gasteiger partial charge in [0, 0.05) is 5.56 Å². The van der Waals surface area contributed by atoms with Crippen LogP contribution in [0.2, 0.25) is 0 Å². The average Bonchev–Trinajstić information content (AvgIpc) is 3.52. The maximum atomic E-state index is 13.7. The summed E-state index contributed by atoms with van der Waals surface area (Å²) in [5.41, 5.74) is -0.485. The number of hydrogen-bond donors (Lipinski definition) is 2. The fourth-order valence-corrected chi connectivity index (χ4v) is 4.36. The summed E-state index contributed by atoms with van der Waals surface area (Å²) in [5.74, 6) is -1.21. The Bertz CT molecular complexity index is 1870. The molecule has 0 unspecified atom stereocenters. The van der Waals surface area contributed by atoms with Gasteiger partial charge in [-0.1, -0.05) is 30.3 Å². The minimum absolute atomic E-state index is 0.0919. The number of benzene rings is 3. The van der Waals surface area contributed by atoms with Crippen LogP contribution in [0.5, 0.6) is 0 Å². The summed E-state index contributed by atoms with van der Waals surface area (Å²) in [6, 6.07) is 22.3. The molecule has 0 aliphatic rings. The molecule has 3 aromatic carbocycles. The molecule has 0 aliphatic carbocycles. The minimum Gasteiger partial charge on any atom is -0.467 e. The van der Waals surface area contributed by atoms with Crippen molar-refractivity contribution in [2.24, 2.45) is 0 Å². The number of nitrogens with one attached hydrogen (secondary N) is 2. The number of anilines is 1. The number of rotatable bonds is 8. The number of ether oxygens (including phenoxy) is 1. The fourth-order valence-electron chi connectivity index (χ4n) is 4.36. The molecule has 5 rings (SSSR count). The van der Waals surface area contributed by atoms with E-state index in [1.165, 1.54) is 43.7 Å². The van der Waals surface area contributed by atoms with Gasteiger partial charge in [-0.15, -0.1) is 0 Å². The summed E-state index contributed by atoms with van der Waals surface area (Å²) in [6.07, 6.45) is 1.49. The Morgan fingerprint density at radius 2 is 1.66 bits per heavy atom. The highest BCUT2D eigenvalue weighted by Crippen LogP contribution is 2.17. The number of esters is 1. The van der Waals surface area contributed by atoms with Crippen LogP contribution in [0.4, 0.5) is 5.69 Å². The molecule has 5 aromatic rings. The zero-order valence-corrected chi connectivity index (χ0v) is 21.8. The molecular weight excluding hydrogens is 528 g/mol. The molecule has 0 atom stereocenters. The lowest BCUT2D eigenvalue weighted by Crippen LogP contribution is -2.41. The first-order chi connectivity index (χ1) is 19.9. The molecule has 11 heteroatoms. The van der Waals surface area contributed by atoms with Crippen LogP contribution >= 0.6 is 0 Å². The van der Waals surface area contributed by atoms with Crippen molar-refractivity contribution in [1.29, 1.82) is 0 Å². The Balaban J connectivity index is 1.57. The SMILES string of the molecule is COC(=O)c1ccccc1NC(=O)Cn1c(=O)n(-c2ccccc2)c(=O)c2ccc(C(=O)NCc3ccco3)cc21. The van der Waals surface area contributed by atoms with Gasteiger partial charge in [0.2, 0.25) is 5.91 Å². The monoisotopic (exact) mass is 552 g/mol. The smallest absolute Gasteiger partial charge is 0.339 e. The van der Waals surface area contributed by atoms with Gasteiger partial charge in [-0.3, -0.25) is 19.0 Å². The highest BCUT2D eigenvalue weighted by Gasteiger charge is 2.20. The summed E-state index contributed by atoms with van der Waals surface area (Å²) in [7, 11) is 1.22. The number of para-hydroxylation sites is 2. The normalized spacial score (nSPS) is 10.8. The van der Waals surface area contributed by atoms with Gasteiger partial charge in [0.1, 0.15) is 12.3 Å². The number of methoxy groups -OCH3 is 1. The van der Waals surface area contributed by atoms with Gasteiger partial charge in [0.15, 0.2) is 0 Å². The van der Waals surface area contributed by atoms with Crippen molar-refractivity contribution in [2.75, 3.05) is 12.4 Å². The van der Waals surface area contributed by atoms with Gasteiger partial charge in [0.05, 0.1) is 47.8 Å². The molecule has 0 saturated carbocycles. The number of hydrogen-bond acceptors (Lipinski definition) is 7. The molecule has 206 valence electrons. The molecule has 0 radical (unpaired) electrons. The second-order valence-electron chi connectivity index (χ2n) is 8.92. The largest absolute Gasteiger partial charge is 0.467 e. The summed E-state index contributed by atoms with van der Waals surface area (Å²) < 4.78 is 12.1. The Labute approximate surface area is 232 Å². The van der Waals surface area contributed by atoms with E-state index in [9.17, 15) is 24.0 Å². The number of carbonyl (C=O) groups is 3. The number of amides is 2. The highest BCUT2D eigenvalue weighted by molar-refractivity contribution is 6.02. The van der Waals surface area contributed by atoms with E-state index >= 15 is 0 Å². The zero-order chi connectivity index (χ0) is 28.9. The van der Waals surface area contributed by atoms with E-state index in [2.05, 4.69) is 10.6 Å². The predicted molar refractivity (Wildman–Crippen MR) is 150 cm³/mol. The van der Waals surface area contributed by atoms with Crippen molar-refractivity contribution in [1.82, 2.24) is 14.5 Å². The van der Waals surface area contributed by atoms with Crippen molar-refractivity contribution in [3.63, 3.8) is 0 Å². The van der Waals surface area contributed by atoms with Crippen molar-refractivity contribution < 1.29 is 23.5 Å². The lowest BCUT2D eigenvalue weighted by atomic mass is 10.1. The van der Waals surface area contributed by atoms with Gasteiger partial charge >= 0.3 is 11.7 Å². The lowest BCUT2D eigenvalue weighted by molar-refractivity contribution is -0.116. The van der Waals surface area contributed by atoms with Crippen LogP contribution in [-0.4, -0.2) is 34.0 Å². The second kappa shape index (κ2) is 11.6. The van der Waals surface area contributed by atoms with Crippen LogP contribution in [0, 0.1) is 0 Å². The van der Waals surface area contributed by atoms with E-state index in [4.69, 9.17) is 9.15 Å². The first kappa shape index (κ1) is 26.9. The molecule has 2 heterocycles. The van der Waals surface area contributed by atoms with Gasteiger partial charge < -0.3 is 19.8 Å². The molecule has 2 aromatic heterocycles. The van der Waals surface area contributed by atoms with E-state index in [1.807, 2.05) is 0 Å². The number of aromatic nitrogens is 2. The van der Waals surface area contributed by atoms with Crippen molar-refractivity contribution in [2.45, 2.75) is 13.1 Å². The van der Waals surface area contributed by atoms with Gasteiger partial charge in [-0.05, 0) is 54.6 Å². The molecule has 0 spiro atoms. The molecule has 0 aliphatic heterocycles. The van der Waals surface area contributed by atoms with Crippen LogP contribution in [0.15, 0.2) is 105 Å². The number of fused-ring (bicyclic) bond motifs is 1. The van der Waals surface area contributed by atoms with E-state index in [0.717, 1.165) is 9.13 Å². The molecule has 0 saturated heterocycles. The Hall–Kier alpha value is -5.71. The summed E-state index contributed by atoms with van der Waals surface area (Å²) in [6.45, 7) is -0.385. The predicted octanol–water partition coefficient (Wildman–Crippen LogP) is 3.10. The van der Waals surface area contributed by atoms with Crippen LogP contribution < -0.4 is 21.9 Å². The number of nitrogens with zero attached hydrogens (tertiary/aromatic N) is 2. The zero-order valence-electron chi connectivity index (χ0n) is 21.8. The first-order valence-electron chi connectivity index (χ1n) is 12.5. The Morgan fingerprint density at radius 3 is 2.39 bits per heavy atom. The maximum absolute atomic E-state index is 13.7. The third-order valence-corrected chi connectivity index (χ3v) is 6.33. The summed E-state index contributed by atoms with van der Waals surface area (Å²) >= 11 is 0. The lowest BCUT2D eigenvalue weighted by Gasteiger charge is -2.16.